The van der Waals surface area contributed by atoms with E-state index < -0.39 is 5.41 Å². The van der Waals surface area contributed by atoms with Crippen molar-refractivity contribution >= 4 is 17.1 Å². The third-order valence-electron chi connectivity index (χ3n) is 10.7. The standard InChI is InChI=1S/C49H33N/c1-3-14-34(15-4-1)36-26-30-38(31-27-36)50(39-32-28-37(29-33-39)35-16-5-2-6-17-35)47-25-13-21-43-42-20-9-12-24-46(42)49(48(43)47)44-22-10-7-18-40(44)41-19-8-11-23-45(41)49/h1-33H. The number of rotatable bonds is 5. The second-order valence-electron chi connectivity index (χ2n) is 13.2. The zero-order chi connectivity index (χ0) is 33.1. The van der Waals surface area contributed by atoms with Crippen molar-refractivity contribution in [3.8, 4) is 44.5 Å². The molecule has 0 saturated carbocycles. The summed E-state index contributed by atoms with van der Waals surface area (Å²) in [5.41, 5.74) is 18.4. The quantitative estimate of drug-likeness (QED) is 0.182. The maximum atomic E-state index is 2.47. The lowest BCUT2D eigenvalue weighted by atomic mass is 9.70. The van der Waals surface area contributed by atoms with Gasteiger partial charge in [0, 0.05) is 16.9 Å². The van der Waals surface area contributed by atoms with E-state index in [1.165, 1.54) is 72.4 Å². The first kappa shape index (κ1) is 28.6. The van der Waals surface area contributed by atoms with Crippen molar-refractivity contribution in [1.82, 2.24) is 0 Å². The molecule has 0 saturated heterocycles. The van der Waals surface area contributed by atoms with Gasteiger partial charge in [0.15, 0.2) is 0 Å². The summed E-state index contributed by atoms with van der Waals surface area (Å²) in [6, 6.07) is 73.4. The monoisotopic (exact) mass is 635 g/mol. The van der Waals surface area contributed by atoms with Gasteiger partial charge in [-0.15, -0.1) is 0 Å². The number of hydrogen-bond donors (Lipinski definition) is 0. The first-order valence-corrected chi connectivity index (χ1v) is 17.4. The minimum atomic E-state index is -0.456. The fourth-order valence-corrected chi connectivity index (χ4v) is 8.61. The molecule has 8 aromatic rings. The lowest BCUT2D eigenvalue weighted by Crippen LogP contribution is -2.28. The van der Waals surface area contributed by atoms with Crippen LogP contribution >= 0.6 is 0 Å². The summed E-state index contributed by atoms with van der Waals surface area (Å²) < 4.78 is 0. The number of benzene rings is 8. The molecule has 0 unspecified atom stereocenters. The minimum absolute atomic E-state index is 0.456. The zero-order valence-corrected chi connectivity index (χ0v) is 27.5. The van der Waals surface area contributed by atoms with Gasteiger partial charge in [0.25, 0.3) is 0 Å². The predicted molar refractivity (Wildman–Crippen MR) is 208 cm³/mol. The molecule has 1 heteroatoms. The number of anilines is 3. The lowest BCUT2D eigenvalue weighted by molar-refractivity contribution is 0.793. The summed E-state index contributed by atoms with van der Waals surface area (Å²) in [5.74, 6) is 0. The topological polar surface area (TPSA) is 3.24 Å². The van der Waals surface area contributed by atoms with E-state index in [1.54, 1.807) is 0 Å². The van der Waals surface area contributed by atoms with Crippen molar-refractivity contribution in [2.75, 3.05) is 4.90 Å². The fraction of sp³-hybridized carbons (Fsp3) is 0.0204. The van der Waals surface area contributed by atoms with Gasteiger partial charge >= 0.3 is 0 Å². The smallest absolute Gasteiger partial charge is 0.0746 e. The highest BCUT2D eigenvalue weighted by Gasteiger charge is 2.53. The van der Waals surface area contributed by atoms with E-state index in [2.05, 4.69) is 205 Å². The van der Waals surface area contributed by atoms with Crippen molar-refractivity contribution in [3.63, 3.8) is 0 Å². The molecule has 0 radical (unpaired) electrons. The maximum absolute atomic E-state index is 2.47. The number of nitrogens with zero attached hydrogens (tertiary/aromatic N) is 1. The van der Waals surface area contributed by atoms with Crippen LogP contribution in [-0.4, -0.2) is 0 Å². The van der Waals surface area contributed by atoms with Crippen LogP contribution in [0.5, 0.6) is 0 Å². The van der Waals surface area contributed by atoms with Crippen LogP contribution in [-0.2, 0) is 5.41 Å². The molecule has 234 valence electrons. The van der Waals surface area contributed by atoms with Gasteiger partial charge in [0.05, 0.1) is 11.1 Å². The highest BCUT2D eigenvalue weighted by Crippen LogP contribution is 2.65. The first-order chi connectivity index (χ1) is 24.8. The summed E-state index contributed by atoms with van der Waals surface area (Å²) in [6.07, 6.45) is 0. The molecule has 0 heterocycles. The van der Waals surface area contributed by atoms with Gasteiger partial charge in [-0.05, 0) is 91.5 Å². The molecule has 1 nitrogen and oxygen atoms in total. The molecule has 1 spiro atoms. The Morgan fingerprint density at radius 3 is 1.10 bits per heavy atom. The maximum Gasteiger partial charge on any atom is 0.0746 e. The summed E-state index contributed by atoms with van der Waals surface area (Å²) in [5, 5.41) is 0. The fourth-order valence-electron chi connectivity index (χ4n) is 8.61. The molecule has 50 heavy (non-hydrogen) atoms. The highest BCUT2D eigenvalue weighted by molar-refractivity contribution is 5.99. The third-order valence-corrected chi connectivity index (χ3v) is 10.7. The molecule has 0 N–H and O–H groups in total. The number of hydrogen-bond acceptors (Lipinski definition) is 1. The molecule has 0 atom stereocenters. The van der Waals surface area contributed by atoms with Crippen molar-refractivity contribution in [2.24, 2.45) is 0 Å². The average molecular weight is 636 g/mol. The minimum Gasteiger partial charge on any atom is -0.310 e. The number of fused-ring (bicyclic) bond motifs is 10. The highest BCUT2D eigenvalue weighted by atomic mass is 15.1. The van der Waals surface area contributed by atoms with Crippen molar-refractivity contribution in [2.45, 2.75) is 5.41 Å². The molecule has 0 fully saturated rings. The Labute approximate surface area is 293 Å². The van der Waals surface area contributed by atoms with Crippen LogP contribution in [0, 0.1) is 0 Å². The van der Waals surface area contributed by atoms with Gasteiger partial charge in [-0.3, -0.25) is 0 Å². The van der Waals surface area contributed by atoms with E-state index in [-0.39, 0.29) is 0 Å². The Kier molecular flexibility index (Phi) is 6.47. The van der Waals surface area contributed by atoms with Crippen LogP contribution in [0.4, 0.5) is 17.1 Å². The zero-order valence-electron chi connectivity index (χ0n) is 27.5. The first-order valence-electron chi connectivity index (χ1n) is 17.4. The van der Waals surface area contributed by atoms with Gasteiger partial charge in [-0.1, -0.05) is 170 Å². The second kappa shape index (κ2) is 11.3. The van der Waals surface area contributed by atoms with Gasteiger partial charge in [0.1, 0.15) is 0 Å². The van der Waals surface area contributed by atoms with Crippen LogP contribution < -0.4 is 4.90 Å². The Morgan fingerprint density at radius 1 is 0.280 bits per heavy atom. The summed E-state index contributed by atoms with van der Waals surface area (Å²) in [7, 11) is 0. The van der Waals surface area contributed by atoms with Crippen molar-refractivity contribution in [3.05, 3.63) is 222 Å². The lowest BCUT2D eigenvalue weighted by Gasteiger charge is -2.36. The van der Waals surface area contributed by atoms with E-state index >= 15 is 0 Å². The van der Waals surface area contributed by atoms with Gasteiger partial charge in [-0.25, -0.2) is 0 Å². The van der Waals surface area contributed by atoms with Gasteiger partial charge in [-0.2, -0.15) is 0 Å². The van der Waals surface area contributed by atoms with Crippen LogP contribution in [0.2, 0.25) is 0 Å². The normalized spacial score (nSPS) is 13.0. The van der Waals surface area contributed by atoms with Crippen LogP contribution in [0.25, 0.3) is 44.5 Å². The van der Waals surface area contributed by atoms with Crippen molar-refractivity contribution in [1.29, 1.82) is 0 Å². The Bertz CT molecular complexity index is 2370. The Hall–Kier alpha value is -6.44. The predicted octanol–water partition coefficient (Wildman–Crippen LogP) is 12.8. The molecular weight excluding hydrogens is 603 g/mol. The van der Waals surface area contributed by atoms with Crippen molar-refractivity contribution < 1.29 is 0 Å². The van der Waals surface area contributed by atoms with E-state index in [0.29, 0.717) is 0 Å². The van der Waals surface area contributed by atoms with E-state index in [0.717, 1.165) is 11.4 Å². The molecule has 2 aliphatic carbocycles. The van der Waals surface area contributed by atoms with Gasteiger partial charge in [0.2, 0.25) is 0 Å². The molecule has 2 aliphatic rings. The Balaban J connectivity index is 1.24. The van der Waals surface area contributed by atoms with E-state index in [4.69, 9.17) is 0 Å². The van der Waals surface area contributed by atoms with Crippen LogP contribution in [0.3, 0.4) is 0 Å². The Morgan fingerprint density at radius 2 is 0.640 bits per heavy atom. The second-order valence-corrected chi connectivity index (χ2v) is 13.2. The van der Waals surface area contributed by atoms with Gasteiger partial charge < -0.3 is 4.90 Å². The molecule has 0 aliphatic heterocycles. The summed E-state index contributed by atoms with van der Waals surface area (Å²) in [6.45, 7) is 0. The molecule has 8 aromatic carbocycles. The average Bonchev–Trinajstić information content (AvgIpc) is 3.67. The van der Waals surface area contributed by atoms with E-state index in [1.807, 2.05) is 0 Å². The molecule has 10 rings (SSSR count). The molecule has 0 bridgehead atoms. The van der Waals surface area contributed by atoms with E-state index in [9.17, 15) is 0 Å². The summed E-state index contributed by atoms with van der Waals surface area (Å²) >= 11 is 0. The molecule has 0 aromatic heterocycles. The summed E-state index contributed by atoms with van der Waals surface area (Å²) in [4.78, 5) is 2.47. The SMILES string of the molecule is c1ccc(-c2ccc(N(c3ccc(-c4ccccc4)cc3)c3cccc4c3C3(c5ccccc5-c5ccccc53)c3ccccc3-4)cc2)cc1. The molecular formula is C49H33N. The van der Waals surface area contributed by atoms with Crippen LogP contribution in [0.1, 0.15) is 22.3 Å². The third kappa shape index (κ3) is 4.14. The van der Waals surface area contributed by atoms with Crippen LogP contribution in [0.15, 0.2) is 200 Å². The largest absolute Gasteiger partial charge is 0.310 e. The molecule has 0 amide bonds.